The average Bonchev–Trinajstić information content (AvgIpc) is 3.29. The zero-order valence-electron chi connectivity index (χ0n) is 17.9. The summed E-state index contributed by atoms with van der Waals surface area (Å²) < 4.78 is 18.7. The molecule has 1 unspecified atom stereocenters. The van der Waals surface area contributed by atoms with Crippen molar-refractivity contribution in [2.45, 2.75) is 6.17 Å². The Morgan fingerprint density at radius 2 is 2.00 bits per heavy atom. The van der Waals surface area contributed by atoms with Crippen molar-refractivity contribution in [3.8, 4) is 17.2 Å². The van der Waals surface area contributed by atoms with Gasteiger partial charge in [-0.15, -0.1) is 0 Å². The van der Waals surface area contributed by atoms with Crippen LogP contribution in [0.4, 0.5) is 11.4 Å². The Labute approximate surface area is 195 Å². The number of aromatic nitrogens is 2. The maximum Gasteiger partial charge on any atom is 0.148 e. The summed E-state index contributed by atoms with van der Waals surface area (Å²) in [6.45, 7) is 1.01. The number of pyridine rings is 1. The molecule has 2 N–H and O–H groups in total. The molecular weight excluding hydrogens is 442 g/mol. The average molecular weight is 464 g/mol. The van der Waals surface area contributed by atoms with Crippen molar-refractivity contribution in [1.29, 1.82) is 0 Å². The van der Waals surface area contributed by atoms with Crippen molar-refractivity contribution in [2.75, 3.05) is 31.0 Å². The van der Waals surface area contributed by atoms with Crippen LogP contribution in [0.3, 0.4) is 0 Å². The number of nitrogens with one attached hydrogen (secondary N) is 2. The van der Waals surface area contributed by atoms with E-state index < -0.39 is 0 Å². The zero-order chi connectivity index (χ0) is 22.6. The first-order valence-electron chi connectivity index (χ1n) is 10.4. The lowest BCUT2D eigenvalue weighted by Gasteiger charge is -2.24. The summed E-state index contributed by atoms with van der Waals surface area (Å²) in [5.41, 5.74) is 3.55. The van der Waals surface area contributed by atoms with E-state index in [2.05, 4.69) is 20.6 Å². The Morgan fingerprint density at radius 3 is 2.88 bits per heavy atom. The molecule has 0 radical (unpaired) electrons. The van der Waals surface area contributed by atoms with Crippen molar-refractivity contribution in [1.82, 2.24) is 9.38 Å². The van der Waals surface area contributed by atoms with Crippen molar-refractivity contribution in [3.05, 3.63) is 77.7 Å². The van der Waals surface area contributed by atoms with E-state index in [0.717, 1.165) is 28.3 Å². The van der Waals surface area contributed by atoms with Gasteiger partial charge in [-0.05, 0) is 42.5 Å². The molecule has 0 bridgehead atoms. The molecule has 2 aromatic heterocycles. The molecule has 0 amide bonds. The lowest BCUT2D eigenvalue weighted by Crippen LogP contribution is -2.17. The molecule has 4 aromatic rings. The van der Waals surface area contributed by atoms with Gasteiger partial charge in [-0.25, -0.2) is 9.98 Å². The summed E-state index contributed by atoms with van der Waals surface area (Å²) in [4.78, 5) is 8.81. The number of rotatable bonds is 8. The van der Waals surface area contributed by atoms with Gasteiger partial charge in [0.2, 0.25) is 0 Å². The molecule has 9 heteroatoms. The van der Waals surface area contributed by atoms with Crippen LogP contribution >= 0.6 is 11.6 Å². The molecule has 1 aliphatic heterocycles. The number of halogens is 1. The van der Waals surface area contributed by atoms with E-state index in [4.69, 9.17) is 25.8 Å². The maximum absolute atomic E-state index is 6.52. The summed E-state index contributed by atoms with van der Waals surface area (Å²) in [6.07, 6.45) is 6.89. The molecule has 0 fully saturated rings. The number of anilines is 2. The Bertz CT molecular complexity index is 1310. The van der Waals surface area contributed by atoms with Gasteiger partial charge in [0.15, 0.2) is 0 Å². The molecule has 0 spiro atoms. The van der Waals surface area contributed by atoms with Gasteiger partial charge in [0.1, 0.15) is 35.7 Å². The number of hydrogen-bond acceptors (Lipinski definition) is 7. The van der Waals surface area contributed by atoms with Crippen LogP contribution in [-0.2, 0) is 4.74 Å². The fourth-order valence-corrected chi connectivity index (χ4v) is 3.74. The summed E-state index contributed by atoms with van der Waals surface area (Å²) in [5, 5.41) is 7.06. The molecule has 168 valence electrons. The second kappa shape index (κ2) is 9.40. The third-order valence-corrected chi connectivity index (χ3v) is 5.45. The van der Waals surface area contributed by atoms with Crippen LogP contribution in [0, 0.1) is 0 Å². The molecular formula is C24H22ClN5O3. The van der Waals surface area contributed by atoms with E-state index in [9.17, 15) is 0 Å². The molecule has 1 atom stereocenters. The lowest BCUT2D eigenvalue weighted by molar-refractivity contribution is 0.146. The minimum absolute atomic E-state index is 0.294. The molecule has 0 aliphatic carbocycles. The zero-order valence-corrected chi connectivity index (χ0v) is 18.6. The largest absolute Gasteiger partial charge is 0.491 e. The van der Waals surface area contributed by atoms with E-state index in [1.165, 1.54) is 0 Å². The molecule has 5 rings (SSSR count). The molecule has 8 nitrogen and oxygen atoms in total. The predicted octanol–water partition coefficient (Wildman–Crippen LogP) is 5.37. The van der Waals surface area contributed by atoms with Crippen molar-refractivity contribution < 1.29 is 14.2 Å². The standard InChI is InChI=1S/C24H22ClN5O3/c1-31-10-11-32-17-3-4-21-19(13-17)24(28-15-27-21)29-16-2-5-22(20(25)12-16)33-18-6-8-30-9-7-26-23(30)14-18/h2-9,12-15,24,29H,10-11H2,1H3,(H,27,28). The number of fused-ring (bicyclic) bond motifs is 2. The molecule has 2 aromatic carbocycles. The second-order valence-corrected chi connectivity index (χ2v) is 7.77. The third-order valence-electron chi connectivity index (χ3n) is 5.15. The van der Waals surface area contributed by atoms with Crippen molar-refractivity contribution >= 4 is 35.0 Å². The van der Waals surface area contributed by atoms with Crippen molar-refractivity contribution in [2.24, 2.45) is 4.99 Å². The number of benzene rings is 2. The first-order chi connectivity index (χ1) is 16.2. The Hall–Kier alpha value is -3.75. The van der Waals surface area contributed by atoms with Crippen molar-refractivity contribution in [3.63, 3.8) is 0 Å². The summed E-state index contributed by atoms with van der Waals surface area (Å²) >= 11 is 6.52. The Morgan fingerprint density at radius 1 is 1.06 bits per heavy atom. The van der Waals surface area contributed by atoms with Crippen LogP contribution in [0.1, 0.15) is 11.7 Å². The van der Waals surface area contributed by atoms with Crippen LogP contribution in [0.25, 0.3) is 5.65 Å². The highest BCUT2D eigenvalue weighted by atomic mass is 35.5. The van der Waals surface area contributed by atoms with Gasteiger partial charge >= 0.3 is 0 Å². The maximum atomic E-state index is 6.52. The van der Waals surface area contributed by atoms with Gasteiger partial charge in [-0.1, -0.05) is 11.6 Å². The summed E-state index contributed by atoms with van der Waals surface area (Å²) in [7, 11) is 1.65. The molecule has 0 saturated heterocycles. The number of methoxy groups -OCH3 is 1. The first-order valence-corrected chi connectivity index (χ1v) is 10.8. The molecule has 1 aliphatic rings. The normalized spacial score (nSPS) is 14.5. The highest BCUT2D eigenvalue weighted by Gasteiger charge is 2.19. The fraction of sp³-hybridized carbons (Fsp3) is 0.167. The smallest absolute Gasteiger partial charge is 0.148 e. The molecule has 0 saturated carbocycles. The van der Waals surface area contributed by atoms with E-state index >= 15 is 0 Å². The topological polar surface area (TPSA) is 81.4 Å². The molecule has 33 heavy (non-hydrogen) atoms. The van der Waals surface area contributed by atoms with E-state index in [1.807, 2.05) is 65.3 Å². The first kappa shape index (κ1) is 21.1. The van der Waals surface area contributed by atoms with Crippen LogP contribution in [0.5, 0.6) is 17.2 Å². The Kier molecular flexibility index (Phi) is 6.01. The van der Waals surface area contributed by atoms with E-state index in [1.54, 1.807) is 19.6 Å². The van der Waals surface area contributed by atoms with E-state index in [-0.39, 0.29) is 6.17 Å². The van der Waals surface area contributed by atoms with Crippen LogP contribution in [-0.4, -0.2) is 36.0 Å². The highest BCUT2D eigenvalue weighted by molar-refractivity contribution is 6.32. The summed E-state index contributed by atoms with van der Waals surface area (Å²) in [6, 6.07) is 15.1. The minimum atomic E-state index is -0.294. The van der Waals surface area contributed by atoms with Crippen LogP contribution < -0.4 is 20.1 Å². The number of ether oxygens (including phenoxy) is 3. The molecule has 3 heterocycles. The Balaban J connectivity index is 1.31. The fourth-order valence-electron chi connectivity index (χ4n) is 3.52. The third kappa shape index (κ3) is 4.72. The number of nitrogens with zero attached hydrogens (tertiary/aromatic N) is 3. The van der Waals surface area contributed by atoms with Crippen LogP contribution in [0.15, 0.2) is 72.1 Å². The minimum Gasteiger partial charge on any atom is -0.491 e. The second-order valence-electron chi connectivity index (χ2n) is 7.36. The number of imidazole rings is 1. The van der Waals surface area contributed by atoms with Gasteiger partial charge < -0.3 is 29.2 Å². The van der Waals surface area contributed by atoms with Gasteiger partial charge in [0.25, 0.3) is 0 Å². The van der Waals surface area contributed by atoms with Gasteiger partial charge in [0, 0.05) is 48.7 Å². The monoisotopic (exact) mass is 463 g/mol. The summed E-state index contributed by atoms with van der Waals surface area (Å²) in [5.74, 6) is 1.98. The number of hydrogen-bond donors (Lipinski definition) is 2. The van der Waals surface area contributed by atoms with Gasteiger partial charge in [-0.3, -0.25) is 0 Å². The van der Waals surface area contributed by atoms with E-state index in [0.29, 0.717) is 29.7 Å². The number of aliphatic imine (C=N–C) groups is 1. The highest BCUT2D eigenvalue weighted by Crippen LogP contribution is 2.36. The quantitative estimate of drug-likeness (QED) is 0.342. The predicted molar refractivity (Wildman–Crippen MR) is 129 cm³/mol. The van der Waals surface area contributed by atoms with Gasteiger partial charge in [-0.2, -0.15) is 0 Å². The van der Waals surface area contributed by atoms with Crippen LogP contribution in [0.2, 0.25) is 5.02 Å². The lowest BCUT2D eigenvalue weighted by atomic mass is 10.1. The van der Waals surface area contributed by atoms with Gasteiger partial charge in [0.05, 0.1) is 18.0 Å². The SMILES string of the molecule is COCCOc1ccc2c(c1)C(Nc1ccc(Oc3ccn4ccnc4c3)c(Cl)c1)N=CN2.